The first-order valence-electron chi connectivity index (χ1n) is 10.2. The van der Waals surface area contributed by atoms with Crippen molar-refractivity contribution >= 4 is 34.0 Å². The van der Waals surface area contributed by atoms with Crippen molar-refractivity contribution in [3.63, 3.8) is 0 Å². The number of benzene rings is 4. The van der Waals surface area contributed by atoms with E-state index in [1.165, 1.54) is 16.3 Å². The van der Waals surface area contributed by atoms with Crippen LogP contribution in [0.5, 0.6) is 5.75 Å². The number of hydrogen-bond acceptors (Lipinski definition) is 4. The topological polar surface area (TPSA) is 51.4 Å². The molecule has 31 heavy (non-hydrogen) atoms. The molecule has 0 bridgehead atoms. The lowest BCUT2D eigenvalue weighted by Crippen LogP contribution is -1.99. The second-order valence-corrected chi connectivity index (χ2v) is 7.35. The van der Waals surface area contributed by atoms with Crippen LogP contribution in [0.15, 0.2) is 96.1 Å². The van der Waals surface area contributed by atoms with Crippen molar-refractivity contribution in [2.24, 2.45) is 12.1 Å². The molecule has 5 aromatic rings. The lowest BCUT2D eigenvalue weighted by Gasteiger charge is -2.09. The highest BCUT2D eigenvalue weighted by Crippen LogP contribution is 2.21. The lowest BCUT2D eigenvalue weighted by molar-refractivity contribution is 0.307. The maximum Gasteiger partial charge on any atom is 0.224 e. The third-order valence-electron chi connectivity index (χ3n) is 5.32. The number of aryl methyl sites for hydroxylation is 1. The van der Waals surface area contributed by atoms with Gasteiger partial charge in [0.2, 0.25) is 5.95 Å². The fraction of sp³-hybridized carbons (Fsp3) is 0.0769. The number of hydrazone groups is 1. The lowest BCUT2D eigenvalue weighted by atomic mass is 10.1. The molecular formula is C26H22N4O. The molecule has 0 amide bonds. The first-order valence-corrected chi connectivity index (χ1v) is 10.2. The highest BCUT2D eigenvalue weighted by atomic mass is 16.5. The fourth-order valence-corrected chi connectivity index (χ4v) is 3.64. The molecule has 0 aliphatic carbocycles. The number of aromatic nitrogens is 2. The second-order valence-electron chi connectivity index (χ2n) is 7.35. The van der Waals surface area contributed by atoms with Crippen LogP contribution >= 0.6 is 0 Å². The van der Waals surface area contributed by atoms with Gasteiger partial charge in [0.15, 0.2) is 0 Å². The summed E-state index contributed by atoms with van der Waals surface area (Å²) < 4.78 is 7.99. The zero-order valence-corrected chi connectivity index (χ0v) is 17.2. The molecule has 0 fully saturated rings. The molecule has 0 spiro atoms. The Kier molecular flexibility index (Phi) is 5.07. The molecule has 0 aliphatic heterocycles. The van der Waals surface area contributed by atoms with E-state index in [0.29, 0.717) is 12.6 Å². The number of hydrogen-bond donors (Lipinski definition) is 1. The highest BCUT2D eigenvalue weighted by Gasteiger charge is 2.05. The van der Waals surface area contributed by atoms with Crippen molar-refractivity contribution in [3.05, 3.63) is 102 Å². The predicted molar refractivity (Wildman–Crippen MR) is 127 cm³/mol. The Morgan fingerprint density at radius 3 is 2.55 bits per heavy atom. The Labute approximate surface area is 180 Å². The number of ether oxygens (including phenoxy) is 1. The Bertz CT molecular complexity index is 1360. The van der Waals surface area contributed by atoms with Crippen LogP contribution in [0.4, 0.5) is 5.95 Å². The first-order chi connectivity index (χ1) is 15.3. The average Bonchev–Trinajstić information content (AvgIpc) is 3.14. The van der Waals surface area contributed by atoms with Crippen LogP contribution in [0.25, 0.3) is 21.8 Å². The summed E-state index contributed by atoms with van der Waals surface area (Å²) in [6.45, 7) is 0.531. The van der Waals surface area contributed by atoms with Gasteiger partial charge in [0.05, 0.1) is 17.2 Å². The number of fused-ring (bicyclic) bond motifs is 2. The van der Waals surface area contributed by atoms with Gasteiger partial charge in [-0.25, -0.2) is 10.4 Å². The summed E-state index contributed by atoms with van der Waals surface area (Å²) in [4.78, 5) is 4.55. The number of rotatable bonds is 6. The fourth-order valence-electron chi connectivity index (χ4n) is 3.64. The molecule has 0 atom stereocenters. The number of nitrogens with zero attached hydrogens (tertiary/aromatic N) is 3. The van der Waals surface area contributed by atoms with Crippen molar-refractivity contribution in [2.45, 2.75) is 6.61 Å². The molecule has 5 rings (SSSR count). The normalized spacial score (nSPS) is 11.4. The molecule has 152 valence electrons. The molecule has 5 nitrogen and oxygen atoms in total. The van der Waals surface area contributed by atoms with E-state index in [1.807, 2.05) is 60.1 Å². The quantitative estimate of drug-likeness (QED) is 0.288. The van der Waals surface area contributed by atoms with Gasteiger partial charge in [0, 0.05) is 7.05 Å². The molecule has 0 saturated carbocycles. The highest BCUT2D eigenvalue weighted by molar-refractivity contribution is 5.85. The van der Waals surface area contributed by atoms with E-state index in [2.05, 4.69) is 58.0 Å². The summed E-state index contributed by atoms with van der Waals surface area (Å²) in [5, 5.41) is 6.78. The first kappa shape index (κ1) is 18.9. The van der Waals surface area contributed by atoms with E-state index in [0.717, 1.165) is 22.3 Å². The third kappa shape index (κ3) is 3.98. The van der Waals surface area contributed by atoms with Gasteiger partial charge >= 0.3 is 0 Å². The van der Waals surface area contributed by atoms with E-state index in [4.69, 9.17) is 4.74 Å². The van der Waals surface area contributed by atoms with Crippen LogP contribution < -0.4 is 10.2 Å². The number of para-hydroxylation sites is 2. The summed E-state index contributed by atoms with van der Waals surface area (Å²) in [6.07, 6.45) is 1.77. The number of imidazole rings is 1. The van der Waals surface area contributed by atoms with Crippen LogP contribution in [-0.4, -0.2) is 15.8 Å². The number of nitrogens with one attached hydrogen (secondary N) is 1. The second kappa shape index (κ2) is 8.32. The third-order valence-corrected chi connectivity index (χ3v) is 5.32. The molecule has 5 heteroatoms. The van der Waals surface area contributed by atoms with E-state index in [9.17, 15) is 0 Å². The van der Waals surface area contributed by atoms with Crippen molar-refractivity contribution in [3.8, 4) is 5.75 Å². The Hall–Kier alpha value is -4.12. The van der Waals surface area contributed by atoms with Crippen molar-refractivity contribution in [1.82, 2.24) is 9.55 Å². The number of anilines is 1. The molecule has 0 aliphatic rings. The molecule has 1 aromatic heterocycles. The van der Waals surface area contributed by atoms with Crippen molar-refractivity contribution in [2.75, 3.05) is 5.43 Å². The van der Waals surface area contributed by atoms with Crippen LogP contribution in [-0.2, 0) is 13.7 Å². The van der Waals surface area contributed by atoms with E-state index < -0.39 is 0 Å². The smallest absolute Gasteiger partial charge is 0.224 e. The van der Waals surface area contributed by atoms with Crippen LogP contribution in [0.2, 0.25) is 0 Å². The maximum absolute atomic E-state index is 6.00. The average molecular weight is 406 g/mol. The van der Waals surface area contributed by atoms with Gasteiger partial charge < -0.3 is 9.30 Å². The van der Waals surface area contributed by atoms with Crippen molar-refractivity contribution < 1.29 is 4.74 Å². The van der Waals surface area contributed by atoms with Crippen LogP contribution in [0.3, 0.4) is 0 Å². The van der Waals surface area contributed by atoms with E-state index >= 15 is 0 Å². The van der Waals surface area contributed by atoms with E-state index in [-0.39, 0.29) is 0 Å². The van der Waals surface area contributed by atoms with Crippen LogP contribution in [0.1, 0.15) is 11.1 Å². The van der Waals surface area contributed by atoms with Gasteiger partial charge in [-0.15, -0.1) is 0 Å². The summed E-state index contributed by atoms with van der Waals surface area (Å²) in [5.41, 5.74) is 7.17. The Balaban J connectivity index is 1.23. The monoisotopic (exact) mass is 406 g/mol. The molecular weight excluding hydrogens is 384 g/mol. The van der Waals surface area contributed by atoms with E-state index in [1.54, 1.807) is 6.21 Å². The van der Waals surface area contributed by atoms with Crippen LogP contribution in [0, 0.1) is 0 Å². The molecule has 1 N–H and O–H groups in total. The molecule has 4 aromatic carbocycles. The SMILES string of the molecule is Cn1c(N/N=C\c2ccc(OCc3cccc4ccccc34)cc2)nc2ccccc21. The Morgan fingerprint density at radius 1 is 0.903 bits per heavy atom. The van der Waals surface area contributed by atoms with Crippen molar-refractivity contribution in [1.29, 1.82) is 0 Å². The standard InChI is InChI=1S/C26H22N4O/c1-30-25-12-5-4-11-24(25)28-26(30)29-27-17-19-13-15-22(16-14-19)31-18-21-9-6-8-20-7-2-3-10-23(20)21/h2-17H,18H2,1H3,(H,28,29)/b27-17-. The van der Waals surface area contributed by atoms with Gasteiger partial charge in [0.1, 0.15) is 12.4 Å². The molecule has 1 heterocycles. The van der Waals surface area contributed by atoms with Gasteiger partial charge in [-0.3, -0.25) is 0 Å². The minimum atomic E-state index is 0.531. The molecule has 0 radical (unpaired) electrons. The maximum atomic E-state index is 6.00. The minimum Gasteiger partial charge on any atom is -0.489 e. The largest absolute Gasteiger partial charge is 0.489 e. The predicted octanol–water partition coefficient (Wildman–Crippen LogP) is 5.75. The summed E-state index contributed by atoms with van der Waals surface area (Å²) in [6, 6.07) is 30.5. The summed E-state index contributed by atoms with van der Waals surface area (Å²) >= 11 is 0. The minimum absolute atomic E-state index is 0.531. The Morgan fingerprint density at radius 2 is 1.68 bits per heavy atom. The summed E-state index contributed by atoms with van der Waals surface area (Å²) in [7, 11) is 1.97. The van der Waals surface area contributed by atoms with Gasteiger partial charge in [-0.05, 0) is 58.3 Å². The van der Waals surface area contributed by atoms with Gasteiger partial charge in [-0.2, -0.15) is 5.10 Å². The zero-order valence-electron chi connectivity index (χ0n) is 17.2. The molecule has 0 unspecified atom stereocenters. The van der Waals surface area contributed by atoms with Gasteiger partial charge in [0.25, 0.3) is 0 Å². The zero-order chi connectivity index (χ0) is 21.0. The van der Waals surface area contributed by atoms with Gasteiger partial charge in [-0.1, -0.05) is 54.6 Å². The molecule has 0 saturated heterocycles. The summed E-state index contributed by atoms with van der Waals surface area (Å²) in [5.74, 6) is 1.53.